The van der Waals surface area contributed by atoms with E-state index < -0.39 is 11.7 Å². The lowest BCUT2D eigenvalue weighted by Gasteiger charge is -2.28. The number of alkyl carbamates (subject to hydrolysis) is 1. The SMILES string of the molecule is COc1cc(C(=O)N2C[C@H]3CC[C@@H]2[C@@H]3CNC(=O)OC(C)(C)C)cc2nc(-c3cc4scc(Br)c4n3CC3CC3)n(C)c12. The fourth-order valence-corrected chi connectivity index (χ4v) is 8.82. The predicted molar refractivity (Wildman–Crippen MR) is 172 cm³/mol. The summed E-state index contributed by atoms with van der Waals surface area (Å²) in [7, 11) is 3.67. The zero-order valence-electron chi connectivity index (χ0n) is 25.3. The number of thiophene rings is 1. The Hall–Kier alpha value is -3.05. The molecule has 4 aromatic rings. The molecule has 0 spiro atoms. The molecule has 3 aromatic heterocycles. The van der Waals surface area contributed by atoms with Gasteiger partial charge in [-0.25, -0.2) is 9.78 Å². The molecule has 9 nitrogen and oxygen atoms in total. The summed E-state index contributed by atoms with van der Waals surface area (Å²) >= 11 is 5.50. The zero-order chi connectivity index (χ0) is 30.2. The van der Waals surface area contributed by atoms with Crippen molar-refractivity contribution in [1.29, 1.82) is 0 Å². The Balaban J connectivity index is 1.18. The van der Waals surface area contributed by atoms with E-state index in [1.54, 1.807) is 18.4 Å². The van der Waals surface area contributed by atoms with Crippen LogP contribution in [0.15, 0.2) is 28.1 Å². The average molecular weight is 669 g/mol. The fraction of sp³-hybridized carbons (Fsp3) is 0.531. The second kappa shape index (κ2) is 10.5. The van der Waals surface area contributed by atoms with Gasteiger partial charge in [-0.1, -0.05) is 0 Å². The van der Waals surface area contributed by atoms with E-state index in [2.05, 4.69) is 41.8 Å². The number of carbonyl (C=O) groups excluding carboxylic acids is 2. The van der Waals surface area contributed by atoms with Crippen LogP contribution in [0.5, 0.6) is 5.75 Å². The molecule has 0 unspecified atom stereocenters. The molecular weight excluding hydrogens is 630 g/mol. The molecule has 1 aliphatic heterocycles. The summed E-state index contributed by atoms with van der Waals surface area (Å²) in [6.45, 7) is 7.74. The number of imidazole rings is 1. The fourth-order valence-electron chi connectivity index (χ4n) is 7.13. The normalized spacial score (nSPS) is 21.7. The minimum Gasteiger partial charge on any atom is -0.494 e. The molecule has 3 aliphatic rings. The van der Waals surface area contributed by atoms with Crippen molar-refractivity contribution in [3.8, 4) is 17.3 Å². The third kappa shape index (κ3) is 5.12. The Kier molecular flexibility index (Phi) is 7.04. The van der Waals surface area contributed by atoms with Crippen molar-refractivity contribution in [2.45, 2.75) is 64.6 Å². The first-order chi connectivity index (χ1) is 20.5. The lowest BCUT2D eigenvalue weighted by atomic mass is 9.98. The van der Waals surface area contributed by atoms with Gasteiger partial charge < -0.3 is 28.8 Å². The monoisotopic (exact) mass is 667 g/mol. The highest BCUT2D eigenvalue weighted by Crippen LogP contribution is 2.44. The lowest BCUT2D eigenvalue weighted by Crippen LogP contribution is -2.41. The number of methoxy groups -OCH3 is 1. The van der Waals surface area contributed by atoms with E-state index >= 15 is 0 Å². The van der Waals surface area contributed by atoms with Crippen molar-refractivity contribution in [2.75, 3.05) is 20.2 Å². The van der Waals surface area contributed by atoms with Gasteiger partial charge in [0.05, 0.1) is 33.0 Å². The van der Waals surface area contributed by atoms with E-state index in [-0.39, 0.29) is 17.9 Å². The van der Waals surface area contributed by atoms with Gasteiger partial charge in [0.25, 0.3) is 5.91 Å². The maximum atomic E-state index is 14.0. The summed E-state index contributed by atoms with van der Waals surface area (Å²) < 4.78 is 18.1. The zero-order valence-corrected chi connectivity index (χ0v) is 27.7. The van der Waals surface area contributed by atoms with Crippen LogP contribution in [0.1, 0.15) is 56.8 Å². The van der Waals surface area contributed by atoms with Gasteiger partial charge in [0.1, 0.15) is 16.9 Å². The molecule has 1 N–H and O–H groups in total. The van der Waals surface area contributed by atoms with Gasteiger partial charge in [-0.2, -0.15) is 0 Å². The highest BCUT2D eigenvalue weighted by atomic mass is 79.9. The second-order valence-corrected chi connectivity index (χ2v) is 15.1. The minimum atomic E-state index is -0.545. The molecule has 4 heterocycles. The first-order valence-corrected chi connectivity index (χ1v) is 16.8. The second-order valence-electron chi connectivity index (χ2n) is 13.3. The van der Waals surface area contributed by atoms with Gasteiger partial charge in [0.2, 0.25) is 0 Å². The highest BCUT2D eigenvalue weighted by Gasteiger charge is 2.48. The number of carbonyl (C=O) groups is 2. The summed E-state index contributed by atoms with van der Waals surface area (Å²) in [6, 6.07) is 6.09. The Labute approximate surface area is 263 Å². The van der Waals surface area contributed by atoms with Crippen molar-refractivity contribution in [3.63, 3.8) is 0 Å². The van der Waals surface area contributed by atoms with Crippen molar-refractivity contribution in [2.24, 2.45) is 24.8 Å². The molecule has 2 amide bonds. The number of hydrogen-bond donors (Lipinski definition) is 1. The average Bonchev–Trinajstić information content (AvgIpc) is 3.22. The minimum absolute atomic E-state index is 0.0107. The van der Waals surface area contributed by atoms with E-state index in [1.165, 1.54) is 23.1 Å². The molecular formula is C32H38BrN5O4S. The Morgan fingerprint density at radius 3 is 2.65 bits per heavy atom. The number of ether oxygens (including phenoxy) is 2. The van der Waals surface area contributed by atoms with Crippen molar-refractivity contribution in [3.05, 3.63) is 33.6 Å². The number of nitrogens with zero attached hydrogens (tertiary/aromatic N) is 4. The van der Waals surface area contributed by atoms with Crippen LogP contribution in [0.2, 0.25) is 0 Å². The molecule has 3 atom stereocenters. The van der Waals surface area contributed by atoms with Gasteiger partial charge in [0, 0.05) is 49.6 Å². The Bertz CT molecular complexity index is 1750. The Morgan fingerprint density at radius 1 is 1.14 bits per heavy atom. The lowest BCUT2D eigenvalue weighted by molar-refractivity contribution is 0.0515. The summed E-state index contributed by atoms with van der Waals surface area (Å²) in [5.74, 6) is 2.77. The van der Waals surface area contributed by atoms with E-state index in [4.69, 9.17) is 14.5 Å². The first-order valence-electron chi connectivity index (χ1n) is 15.1. The summed E-state index contributed by atoms with van der Waals surface area (Å²) in [6.07, 6.45) is 4.12. The van der Waals surface area contributed by atoms with Crippen LogP contribution in [0.25, 0.3) is 32.8 Å². The number of nitrogens with one attached hydrogen (secondary N) is 1. The van der Waals surface area contributed by atoms with Gasteiger partial charge in [-0.05, 0) is 92.4 Å². The van der Waals surface area contributed by atoms with Crippen molar-refractivity contribution in [1.82, 2.24) is 24.3 Å². The number of piperidine rings is 1. The van der Waals surface area contributed by atoms with Gasteiger partial charge >= 0.3 is 6.09 Å². The maximum Gasteiger partial charge on any atom is 0.407 e. The van der Waals surface area contributed by atoms with Gasteiger partial charge in [0.15, 0.2) is 5.82 Å². The molecule has 2 bridgehead atoms. The van der Waals surface area contributed by atoms with Crippen LogP contribution in [0, 0.1) is 17.8 Å². The van der Waals surface area contributed by atoms with Gasteiger partial charge in [-0.3, -0.25) is 4.79 Å². The summed E-state index contributed by atoms with van der Waals surface area (Å²) in [4.78, 5) is 33.4. The smallest absolute Gasteiger partial charge is 0.407 e. The molecule has 7 rings (SSSR count). The van der Waals surface area contributed by atoms with E-state index in [1.807, 2.05) is 44.9 Å². The molecule has 11 heteroatoms. The molecule has 1 saturated heterocycles. The van der Waals surface area contributed by atoms with Crippen LogP contribution in [-0.2, 0) is 18.3 Å². The summed E-state index contributed by atoms with van der Waals surface area (Å²) in [5.41, 5.74) is 3.96. The largest absolute Gasteiger partial charge is 0.494 e. The number of aromatic nitrogens is 3. The third-order valence-corrected chi connectivity index (χ3v) is 11.1. The molecule has 2 saturated carbocycles. The van der Waals surface area contributed by atoms with E-state index in [9.17, 15) is 9.59 Å². The topological polar surface area (TPSA) is 90.6 Å². The van der Waals surface area contributed by atoms with Crippen molar-refractivity contribution < 1.29 is 19.1 Å². The van der Waals surface area contributed by atoms with Crippen LogP contribution in [-0.4, -0.2) is 62.9 Å². The number of fused-ring (bicyclic) bond motifs is 4. The van der Waals surface area contributed by atoms with Crippen LogP contribution < -0.4 is 10.1 Å². The molecule has 2 aliphatic carbocycles. The molecule has 1 aromatic carbocycles. The molecule has 3 fully saturated rings. The number of aryl methyl sites for hydroxylation is 1. The van der Waals surface area contributed by atoms with Crippen LogP contribution >= 0.6 is 27.3 Å². The van der Waals surface area contributed by atoms with Crippen molar-refractivity contribution >= 4 is 60.5 Å². The number of benzene rings is 1. The number of halogens is 1. The number of hydrogen-bond acceptors (Lipinski definition) is 6. The predicted octanol–water partition coefficient (Wildman–Crippen LogP) is 6.81. The number of amides is 2. The number of rotatable bonds is 7. The van der Waals surface area contributed by atoms with Crippen LogP contribution in [0.4, 0.5) is 4.79 Å². The first kappa shape index (κ1) is 28.7. The van der Waals surface area contributed by atoms with Crippen LogP contribution in [0.3, 0.4) is 0 Å². The van der Waals surface area contributed by atoms with E-state index in [0.29, 0.717) is 36.2 Å². The molecule has 43 heavy (non-hydrogen) atoms. The van der Waals surface area contributed by atoms with Gasteiger partial charge in [-0.15, -0.1) is 11.3 Å². The standard InChI is InChI=1S/C32H38BrN5O4S/c1-32(2,3)42-31(40)34-13-20-18-8-9-23(20)38(15-18)30(39)19-10-22-28(25(11-19)41-5)36(4)29(35-22)24-12-26-27(21(33)16-43-26)37(24)14-17-6-7-17/h10-12,16-18,20,23H,6-9,13-15H2,1-5H3,(H,34,40)/t18-,20-,23-/m1/s1. The highest BCUT2D eigenvalue weighted by molar-refractivity contribution is 9.10. The Morgan fingerprint density at radius 2 is 1.93 bits per heavy atom. The molecule has 228 valence electrons. The maximum absolute atomic E-state index is 14.0. The number of likely N-dealkylation sites (tertiary alicyclic amines) is 1. The molecule has 0 radical (unpaired) electrons. The van der Waals surface area contributed by atoms with E-state index in [0.717, 1.165) is 46.4 Å². The third-order valence-electron chi connectivity index (χ3n) is 9.25. The summed E-state index contributed by atoms with van der Waals surface area (Å²) in [5, 5.41) is 5.09. The quantitative estimate of drug-likeness (QED) is 0.234.